The van der Waals surface area contributed by atoms with Crippen molar-refractivity contribution in [1.82, 2.24) is 19.9 Å². The van der Waals surface area contributed by atoms with E-state index in [2.05, 4.69) is 32.4 Å². The van der Waals surface area contributed by atoms with E-state index in [-0.39, 0.29) is 17.6 Å². The summed E-state index contributed by atoms with van der Waals surface area (Å²) in [6.45, 7) is 2.11. The van der Waals surface area contributed by atoms with Gasteiger partial charge in [-0.3, -0.25) is 4.79 Å². The minimum Gasteiger partial charge on any atom is -0.355 e. The van der Waals surface area contributed by atoms with Crippen LogP contribution in [-0.4, -0.2) is 40.1 Å². The minimum atomic E-state index is -0.272. The Morgan fingerprint density at radius 2 is 1.94 bits per heavy atom. The third kappa shape index (κ3) is 4.72. The van der Waals surface area contributed by atoms with Crippen LogP contribution in [0, 0.1) is 11.7 Å². The summed E-state index contributed by atoms with van der Waals surface area (Å²) >= 11 is 0. The molecule has 1 fully saturated rings. The Balaban J connectivity index is 1.29. The highest BCUT2D eigenvalue weighted by Gasteiger charge is 2.27. The van der Waals surface area contributed by atoms with Crippen LogP contribution in [0.1, 0.15) is 18.4 Å². The molecular formula is C26H26FN5O. The number of anilines is 1. The number of hydrogen-bond acceptors (Lipinski definition) is 4. The van der Waals surface area contributed by atoms with Crippen LogP contribution in [0.3, 0.4) is 0 Å². The van der Waals surface area contributed by atoms with Crippen LogP contribution in [0.25, 0.3) is 16.8 Å². The van der Waals surface area contributed by atoms with E-state index in [0.717, 1.165) is 48.4 Å². The van der Waals surface area contributed by atoms with E-state index in [1.54, 1.807) is 22.8 Å². The molecule has 5 rings (SSSR count). The van der Waals surface area contributed by atoms with Crippen molar-refractivity contribution < 1.29 is 9.18 Å². The predicted molar refractivity (Wildman–Crippen MR) is 126 cm³/mol. The number of hydrogen-bond donors (Lipinski definition) is 1. The number of nitrogens with zero attached hydrogens (tertiary/aromatic N) is 4. The Morgan fingerprint density at radius 3 is 2.76 bits per heavy atom. The second-order valence-electron chi connectivity index (χ2n) is 8.43. The van der Waals surface area contributed by atoms with Gasteiger partial charge in [0.25, 0.3) is 0 Å². The summed E-state index contributed by atoms with van der Waals surface area (Å²) < 4.78 is 15.1. The van der Waals surface area contributed by atoms with E-state index in [9.17, 15) is 9.18 Å². The van der Waals surface area contributed by atoms with Gasteiger partial charge in [0.15, 0.2) is 5.82 Å². The molecule has 0 radical (unpaired) electrons. The Kier molecular flexibility index (Phi) is 6.02. The molecule has 7 heteroatoms. The van der Waals surface area contributed by atoms with E-state index in [1.807, 2.05) is 30.5 Å². The van der Waals surface area contributed by atoms with Gasteiger partial charge in [0, 0.05) is 37.6 Å². The van der Waals surface area contributed by atoms with Gasteiger partial charge in [0.05, 0.1) is 11.6 Å². The average Bonchev–Trinajstić information content (AvgIpc) is 3.30. The van der Waals surface area contributed by atoms with E-state index in [0.29, 0.717) is 13.1 Å². The van der Waals surface area contributed by atoms with Crippen molar-refractivity contribution in [2.45, 2.75) is 19.3 Å². The van der Waals surface area contributed by atoms with Gasteiger partial charge in [-0.2, -0.15) is 5.10 Å². The number of aromatic nitrogens is 3. The van der Waals surface area contributed by atoms with Gasteiger partial charge in [-0.1, -0.05) is 30.3 Å². The zero-order valence-corrected chi connectivity index (χ0v) is 18.3. The summed E-state index contributed by atoms with van der Waals surface area (Å²) in [5.41, 5.74) is 3.70. The lowest BCUT2D eigenvalue weighted by atomic mass is 9.97. The smallest absolute Gasteiger partial charge is 0.224 e. The SMILES string of the molecule is O=C(NCCc1ccccc1)[C@H]1CCCN(c2nccn3nc(-c4ccc(F)cc4)cc23)C1. The maximum Gasteiger partial charge on any atom is 0.224 e. The first kappa shape index (κ1) is 21.1. The molecule has 33 heavy (non-hydrogen) atoms. The highest BCUT2D eigenvalue weighted by atomic mass is 19.1. The third-order valence-electron chi connectivity index (χ3n) is 6.16. The molecule has 0 bridgehead atoms. The van der Waals surface area contributed by atoms with Gasteiger partial charge in [0.1, 0.15) is 11.3 Å². The highest BCUT2D eigenvalue weighted by Crippen LogP contribution is 2.28. The van der Waals surface area contributed by atoms with E-state index in [4.69, 9.17) is 0 Å². The van der Waals surface area contributed by atoms with Crippen molar-refractivity contribution in [3.63, 3.8) is 0 Å². The minimum absolute atomic E-state index is 0.0731. The maximum absolute atomic E-state index is 13.3. The van der Waals surface area contributed by atoms with Crippen molar-refractivity contribution in [3.8, 4) is 11.3 Å². The average molecular weight is 444 g/mol. The zero-order valence-electron chi connectivity index (χ0n) is 18.3. The quantitative estimate of drug-likeness (QED) is 0.487. The van der Waals surface area contributed by atoms with Gasteiger partial charge in [-0.25, -0.2) is 13.9 Å². The van der Waals surface area contributed by atoms with Crippen molar-refractivity contribution in [2.24, 2.45) is 5.92 Å². The van der Waals surface area contributed by atoms with Crippen LogP contribution < -0.4 is 10.2 Å². The van der Waals surface area contributed by atoms with E-state index < -0.39 is 0 Å². The lowest BCUT2D eigenvalue weighted by molar-refractivity contribution is -0.125. The Morgan fingerprint density at radius 1 is 1.12 bits per heavy atom. The molecule has 6 nitrogen and oxygen atoms in total. The van der Waals surface area contributed by atoms with Gasteiger partial charge >= 0.3 is 0 Å². The Hall–Kier alpha value is -3.74. The Bertz CT molecular complexity index is 1240. The molecule has 1 N–H and O–H groups in total. The highest BCUT2D eigenvalue weighted by molar-refractivity contribution is 5.80. The molecule has 2 aromatic carbocycles. The number of fused-ring (bicyclic) bond motifs is 1. The first-order valence-corrected chi connectivity index (χ1v) is 11.3. The summed E-state index contributed by atoms with van der Waals surface area (Å²) in [4.78, 5) is 19.6. The van der Waals surface area contributed by atoms with Crippen molar-refractivity contribution in [3.05, 3.63) is 84.4 Å². The molecule has 1 amide bonds. The van der Waals surface area contributed by atoms with Crippen LogP contribution in [0.5, 0.6) is 0 Å². The van der Waals surface area contributed by atoms with Crippen molar-refractivity contribution >= 4 is 17.2 Å². The zero-order chi connectivity index (χ0) is 22.6. The van der Waals surface area contributed by atoms with Gasteiger partial charge in [-0.05, 0) is 55.2 Å². The lowest BCUT2D eigenvalue weighted by Crippen LogP contribution is -2.44. The molecular weight excluding hydrogens is 417 g/mol. The fraction of sp³-hybridized carbons (Fsp3) is 0.269. The van der Waals surface area contributed by atoms with Gasteiger partial charge in [-0.15, -0.1) is 0 Å². The maximum atomic E-state index is 13.3. The van der Waals surface area contributed by atoms with Crippen LogP contribution in [0.2, 0.25) is 0 Å². The number of carbonyl (C=O) groups is 1. The van der Waals surface area contributed by atoms with Crippen LogP contribution >= 0.6 is 0 Å². The van der Waals surface area contributed by atoms with Crippen molar-refractivity contribution in [2.75, 3.05) is 24.5 Å². The fourth-order valence-electron chi connectivity index (χ4n) is 4.42. The topological polar surface area (TPSA) is 62.5 Å². The van der Waals surface area contributed by atoms with Crippen molar-refractivity contribution in [1.29, 1.82) is 0 Å². The first-order valence-electron chi connectivity index (χ1n) is 11.3. The first-order chi connectivity index (χ1) is 16.2. The predicted octanol–water partition coefficient (Wildman–Crippen LogP) is 4.11. The number of carbonyl (C=O) groups excluding carboxylic acids is 1. The van der Waals surface area contributed by atoms with Gasteiger partial charge < -0.3 is 10.2 Å². The number of piperidine rings is 1. The molecule has 168 valence electrons. The fourth-order valence-corrected chi connectivity index (χ4v) is 4.42. The van der Waals surface area contributed by atoms with Crippen LogP contribution in [0.15, 0.2) is 73.1 Å². The number of benzene rings is 2. The summed E-state index contributed by atoms with van der Waals surface area (Å²) in [6, 6.07) is 18.5. The molecule has 4 aromatic rings. The van der Waals surface area contributed by atoms with Crippen LogP contribution in [-0.2, 0) is 11.2 Å². The third-order valence-corrected chi connectivity index (χ3v) is 6.16. The number of rotatable bonds is 6. The van der Waals surface area contributed by atoms with Gasteiger partial charge in [0.2, 0.25) is 5.91 Å². The summed E-state index contributed by atoms with van der Waals surface area (Å²) in [5, 5.41) is 7.75. The number of amides is 1. The molecule has 0 aliphatic carbocycles. The Labute approximate surface area is 192 Å². The molecule has 1 atom stereocenters. The summed E-state index contributed by atoms with van der Waals surface area (Å²) in [7, 11) is 0. The standard InChI is InChI=1S/C26H26FN5O/c27-22-10-8-20(9-11-22)23-17-24-25(28-14-16-32(24)30-23)31-15-4-7-21(18-31)26(33)29-13-12-19-5-2-1-3-6-19/h1-3,5-6,8-11,14,16-17,21H,4,7,12-13,15,18H2,(H,29,33)/t21-/m0/s1. The normalized spacial score (nSPS) is 16.2. The summed E-state index contributed by atoms with van der Waals surface area (Å²) in [6.07, 6.45) is 6.16. The molecule has 1 aliphatic rings. The van der Waals surface area contributed by atoms with E-state index in [1.165, 1.54) is 17.7 Å². The lowest BCUT2D eigenvalue weighted by Gasteiger charge is -2.33. The molecule has 1 saturated heterocycles. The number of halogens is 1. The molecule has 3 heterocycles. The van der Waals surface area contributed by atoms with Crippen LogP contribution in [0.4, 0.5) is 10.2 Å². The molecule has 1 aliphatic heterocycles. The monoisotopic (exact) mass is 443 g/mol. The summed E-state index contributed by atoms with van der Waals surface area (Å²) in [5.74, 6) is 0.575. The van der Waals surface area contributed by atoms with E-state index >= 15 is 0 Å². The molecule has 2 aromatic heterocycles. The second kappa shape index (κ2) is 9.40. The number of nitrogens with one attached hydrogen (secondary N) is 1. The molecule has 0 saturated carbocycles. The molecule has 0 unspecified atom stereocenters. The molecule has 0 spiro atoms. The second-order valence-corrected chi connectivity index (χ2v) is 8.43. The largest absolute Gasteiger partial charge is 0.355 e.